The molecule has 0 aromatic carbocycles. The molecule has 0 aromatic heterocycles. The van der Waals surface area contributed by atoms with Crippen molar-refractivity contribution in [1.29, 1.82) is 0 Å². The van der Waals surface area contributed by atoms with Crippen molar-refractivity contribution < 1.29 is 4.79 Å². The Morgan fingerprint density at radius 1 is 1.38 bits per heavy atom. The van der Waals surface area contributed by atoms with Crippen LogP contribution >= 0.6 is 0 Å². The zero-order valence-corrected chi connectivity index (χ0v) is 11.5. The molecule has 0 aromatic rings. The second-order valence-corrected chi connectivity index (χ2v) is 4.96. The second kappa shape index (κ2) is 7.44. The number of amides is 1. The Hall–Kier alpha value is -0.830. The molecule has 0 bridgehead atoms. The molecule has 0 aliphatic rings. The van der Waals surface area contributed by atoms with Crippen molar-refractivity contribution in [3.63, 3.8) is 0 Å². The van der Waals surface area contributed by atoms with Gasteiger partial charge in [-0.1, -0.05) is 26.3 Å². The van der Waals surface area contributed by atoms with E-state index >= 15 is 0 Å². The first-order chi connectivity index (χ1) is 7.38. The number of nitrogens with one attached hydrogen (secondary N) is 1. The number of hydrogen-bond acceptors (Lipinski definition) is 2. The molecule has 16 heavy (non-hydrogen) atoms. The van der Waals surface area contributed by atoms with Crippen molar-refractivity contribution in [2.45, 2.75) is 46.6 Å². The van der Waals surface area contributed by atoms with Crippen LogP contribution in [0.1, 0.15) is 40.5 Å². The summed E-state index contributed by atoms with van der Waals surface area (Å²) in [7, 11) is 3.89. The largest absolute Gasteiger partial charge is 0.331 e. The van der Waals surface area contributed by atoms with Crippen LogP contribution in [-0.4, -0.2) is 30.9 Å². The highest BCUT2D eigenvalue weighted by atomic mass is 16.2. The van der Waals surface area contributed by atoms with Crippen molar-refractivity contribution in [3.8, 4) is 0 Å². The molecule has 1 N–H and O–H groups in total. The van der Waals surface area contributed by atoms with Gasteiger partial charge >= 0.3 is 0 Å². The van der Waals surface area contributed by atoms with Gasteiger partial charge in [0.2, 0.25) is 5.91 Å². The Balaban J connectivity index is 4.39. The SMILES string of the molecule is CC/C(C)=C/NC(=O)C(CC(C)C)N(C)C. The van der Waals surface area contributed by atoms with E-state index in [0.29, 0.717) is 5.92 Å². The number of carbonyl (C=O) groups is 1. The number of hydrogen-bond donors (Lipinski definition) is 1. The molecule has 3 nitrogen and oxygen atoms in total. The molecule has 0 heterocycles. The molecule has 0 saturated heterocycles. The monoisotopic (exact) mass is 226 g/mol. The van der Waals surface area contributed by atoms with E-state index in [2.05, 4.69) is 26.1 Å². The predicted octanol–water partition coefficient (Wildman–Crippen LogP) is 2.39. The van der Waals surface area contributed by atoms with E-state index in [4.69, 9.17) is 0 Å². The number of likely N-dealkylation sites (N-methyl/N-ethyl adjacent to an activating group) is 1. The average molecular weight is 226 g/mol. The highest BCUT2D eigenvalue weighted by Gasteiger charge is 2.20. The summed E-state index contributed by atoms with van der Waals surface area (Å²) in [6.07, 6.45) is 3.67. The maximum atomic E-state index is 11.9. The fourth-order valence-corrected chi connectivity index (χ4v) is 1.39. The fourth-order valence-electron chi connectivity index (χ4n) is 1.39. The van der Waals surface area contributed by atoms with Crippen LogP contribution in [0.5, 0.6) is 0 Å². The summed E-state index contributed by atoms with van der Waals surface area (Å²) < 4.78 is 0. The number of allylic oxidation sites excluding steroid dienone is 1. The summed E-state index contributed by atoms with van der Waals surface area (Å²) in [5.41, 5.74) is 1.19. The van der Waals surface area contributed by atoms with Crippen LogP contribution in [0.25, 0.3) is 0 Å². The molecule has 0 rings (SSSR count). The Bertz CT molecular complexity index is 244. The maximum absolute atomic E-state index is 11.9. The van der Waals surface area contributed by atoms with Crippen molar-refractivity contribution in [1.82, 2.24) is 10.2 Å². The molecule has 1 unspecified atom stereocenters. The van der Waals surface area contributed by atoms with Gasteiger partial charge in [-0.15, -0.1) is 0 Å². The van der Waals surface area contributed by atoms with Crippen LogP contribution in [0.4, 0.5) is 0 Å². The lowest BCUT2D eigenvalue weighted by molar-refractivity contribution is -0.125. The van der Waals surface area contributed by atoms with Gasteiger partial charge in [0.15, 0.2) is 0 Å². The van der Waals surface area contributed by atoms with Crippen molar-refractivity contribution in [2.24, 2.45) is 5.92 Å². The average Bonchev–Trinajstić information content (AvgIpc) is 2.21. The van der Waals surface area contributed by atoms with Gasteiger partial charge in [0.25, 0.3) is 0 Å². The van der Waals surface area contributed by atoms with Crippen LogP contribution in [0, 0.1) is 5.92 Å². The normalized spacial score (nSPS) is 14.4. The lowest BCUT2D eigenvalue weighted by Gasteiger charge is -2.24. The Morgan fingerprint density at radius 3 is 2.31 bits per heavy atom. The summed E-state index contributed by atoms with van der Waals surface area (Å²) in [5.74, 6) is 0.612. The first-order valence-electron chi connectivity index (χ1n) is 6.00. The van der Waals surface area contributed by atoms with Gasteiger partial charge in [0, 0.05) is 6.20 Å². The first-order valence-corrected chi connectivity index (χ1v) is 6.00. The van der Waals surface area contributed by atoms with Crippen LogP contribution in [0.3, 0.4) is 0 Å². The van der Waals surface area contributed by atoms with E-state index in [-0.39, 0.29) is 11.9 Å². The molecular weight excluding hydrogens is 200 g/mol. The van der Waals surface area contributed by atoms with Gasteiger partial charge in [0.05, 0.1) is 6.04 Å². The summed E-state index contributed by atoms with van der Waals surface area (Å²) in [4.78, 5) is 13.9. The lowest BCUT2D eigenvalue weighted by Crippen LogP contribution is -2.42. The van der Waals surface area contributed by atoms with Crippen molar-refractivity contribution in [3.05, 3.63) is 11.8 Å². The van der Waals surface area contributed by atoms with E-state index in [1.54, 1.807) is 0 Å². The van der Waals surface area contributed by atoms with Gasteiger partial charge in [-0.3, -0.25) is 9.69 Å². The van der Waals surface area contributed by atoms with Gasteiger partial charge < -0.3 is 5.32 Å². The molecule has 1 atom stereocenters. The summed E-state index contributed by atoms with van der Waals surface area (Å²) in [5, 5.41) is 2.88. The van der Waals surface area contributed by atoms with Crippen molar-refractivity contribution >= 4 is 5.91 Å². The highest BCUT2D eigenvalue weighted by Crippen LogP contribution is 2.09. The molecule has 94 valence electrons. The standard InChI is InChI=1S/C13H26N2O/c1-7-11(4)9-14-13(16)12(15(5)6)8-10(2)3/h9-10,12H,7-8H2,1-6H3,(H,14,16)/b11-9+. The van der Waals surface area contributed by atoms with E-state index in [1.807, 2.05) is 32.1 Å². The van der Waals surface area contributed by atoms with Gasteiger partial charge in [-0.2, -0.15) is 0 Å². The molecule has 0 aliphatic heterocycles. The molecular formula is C13H26N2O. The topological polar surface area (TPSA) is 32.3 Å². The minimum Gasteiger partial charge on any atom is -0.331 e. The molecule has 0 spiro atoms. The van der Waals surface area contributed by atoms with Crippen molar-refractivity contribution in [2.75, 3.05) is 14.1 Å². The number of nitrogens with zero attached hydrogens (tertiary/aromatic N) is 1. The Morgan fingerprint density at radius 2 is 1.94 bits per heavy atom. The second-order valence-electron chi connectivity index (χ2n) is 4.96. The predicted molar refractivity (Wildman–Crippen MR) is 69.1 cm³/mol. The van der Waals surface area contributed by atoms with E-state index in [0.717, 1.165) is 12.8 Å². The van der Waals surface area contributed by atoms with Crippen LogP contribution in [-0.2, 0) is 4.79 Å². The molecule has 1 amide bonds. The van der Waals surface area contributed by atoms with Crippen LogP contribution in [0.15, 0.2) is 11.8 Å². The number of rotatable bonds is 6. The van der Waals surface area contributed by atoms with Gasteiger partial charge in [-0.25, -0.2) is 0 Å². The molecule has 3 heteroatoms. The van der Waals surface area contributed by atoms with E-state index in [9.17, 15) is 4.79 Å². The summed E-state index contributed by atoms with van der Waals surface area (Å²) >= 11 is 0. The molecule has 0 saturated carbocycles. The maximum Gasteiger partial charge on any atom is 0.241 e. The smallest absolute Gasteiger partial charge is 0.241 e. The Kier molecular flexibility index (Phi) is 7.06. The molecule has 0 radical (unpaired) electrons. The molecule has 0 aliphatic carbocycles. The number of carbonyl (C=O) groups excluding carboxylic acids is 1. The van der Waals surface area contributed by atoms with Gasteiger partial charge in [-0.05, 0) is 39.8 Å². The third-order valence-corrected chi connectivity index (χ3v) is 2.64. The minimum atomic E-state index is -0.0408. The first kappa shape index (κ1) is 15.2. The zero-order chi connectivity index (χ0) is 12.7. The Labute approximate surface area is 99.9 Å². The lowest BCUT2D eigenvalue weighted by atomic mass is 10.0. The minimum absolute atomic E-state index is 0.0408. The van der Waals surface area contributed by atoms with E-state index in [1.165, 1.54) is 5.57 Å². The zero-order valence-electron chi connectivity index (χ0n) is 11.5. The van der Waals surface area contributed by atoms with E-state index < -0.39 is 0 Å². The quantitative estimate of drug-likeness (QED) is 0.754. The van der Waals surface area contributed by atoms with Gasteiger partial charge in [0.1, 0.15) is 0 Å². The third-order valence-electron chi connectivity index (χ3n) is 2.64. The van der Waals surface area contributed by atoms with Crippen LogP contribution < -0.4 is 5.32 Å². The molecule has 0 fully saturated rings. The van der Waals surface area contributed by atoms with Crippen LogP contribution in [0.2, 0.25) is 0 Å². The fraction of sp³-hybridized carbons (Fsp3) is 0.769. The summed E-state index contributed by atoms with van der Waals surface area (Å²) in [6, 6.07) is -0.0408. The highest BCUT2D eigenvalue weighted by molar-refractivity contribution is 5.82. The summed E-state index contributed by atoms with van der Waals surface area (Å²) in [6.45, 7) is 8.37. The third kappa shape index (κ3) is 5.91.